The number of aromatic amines is 1. The Morgan fingerprint density at radius 2 is 1.88 bits per heavy atom. The lowest BCUT2D eigenvalue weighted by Gasteiger charge is -2.24. The number of morpholine rings is 1. The van der Waals surface area contributed by atoms with E-state index in [0.29, 0.717) is 30.1 Å². The van der Waals surface area contributed by atoms with Gasteiger partial charge < -0.3 is 10.1 Å². The standard InChI is InChI=1S/C19H17F2N3O/c20-14-4-1-12(2-5-14)17-10-18(24-23-17)15-6-3-13(9-16(15)21)19-11-22-7-8-25-19/h1-6,9-10,19,22H,7-8,11H2,(H,23,24)/t19-/m0/s1. The lowest BCUT2D eigenvalue weighted by molar-refractivity contribution is 0.0275. The fraction of sp³-hybridized carbons (Fsp3) is 0.211. The van der Waals surface area contributed by atoms with Gasteiger partial charge in [-0.1, -0.05) is 6.07 Å². The van der Waals surface area contributed by atoms with Gasteiger partial charge in [0, 0.05) is 24.2 Å². The number of rotatable bonds is 3. The monoisotopic (exact) mass is 341 g/mol. The molecule has 2 aromatic carbocycles. The minimum absolute atomic E-state index is 0.131. The topological polar surface area (TPSA) is 49.9 Å². The molecular weight excluding hydrogens is 324 g/mol. The maximum Gasteiger partial charge on any atom is 0.132 e. The van der Waals surface area contributed by atoms with Crippen LogP contribution in [0.4, 0.5) is 8.78 Å². The molecule has 2 N–H and O–H groups in total. The summed E-state index contributed by atoms with van der Waals surface area (Å²) in [6.07, 6.45) is -0.131. The van der Waals surface area contributed by atoms with Crippen LogP contribution in [0, 0.1) is 11.6 Å². The maximum atomic E-state index is 14.6. The van der Waals surface area contributed by atoms with Crippen LogP contribution in [-0.2, 0) is 4.74 Å². The van der Waals surface area contributed by atoms with Gasteiger partial charge in [0.1, 0.15) is 11.6 Å². The fourth-order valence-corrected chi connectivity index (χ4v) is 2.96. The van der Waals surface area contributed by atoms with Crippen LogP contribution in [0.5, 0.6) is 0 Å². The van der Waals surface area contributed by atoms with E-state index in [2.05, 4.69) is 15.5 Å². The van der Waals surface area contributed by atoms with Gasteiger partial charge in [-0.25, -0.2) is 8.78 Å². The summed E-state index contributed by atoms with van der Waals surface area (Å²) >= 11 is 0. The van der Waals surface area contributed by atoms with E-state index < -0.39 is 0 Å². The summed E-state index contributed by atoms with van der Waals surface area (Å²) in [6.45, 7) is 2.12. The summed E-state index contributed by atoms with van der Waals surface area (Å²) in [7, 11) is 0. The summed E-state index contributed by atoms with van der Waals surface area (Å²) in [6, 6.07) is 12.9. The first-order chi connectivity index (χ1) is 12.2. The van der Waals surface area contributed by atoms with Crippen molar-refractivity contribution in [3.05, 3.63) is 65.7 Å². The smallest absolute Gasteiger partial charge is 0.132 e. The number of hydrogen-bond acceptors (Lipinski definition) is 3. The highest BCUT2D eigenvalue weighted by Crippen LogP contribution is 2.28. The van der Waals surface area contributed by atoms with Gasteiger partial charge in [0.25, 0.3) is 0 Å². The van der Waals surface area contributed by atoms with Crippen LogP contribution in [0.2, 0.25) is 0 Å². The van der Waals surface area contributed by atoms with Crippen molar-refractivity contribution in [2.24, 2.45) is 0 Å². The minimum Gasteiger partial charge on any atom is -0.371 e. The molecule has 1 saturated heterocycles. The molecule has 4 nitrogen and oxygen atoms in total. The van der Waals surface area contributed by atoms with Gasteiger partial charge >= 0.3 is 0 Å². The zero-order valence-corrected chi connectivity index (χ0v) is 13.4. The summed E-state index contributed by atoms with van der Waals surface area (Å²) in [5, 5.41) is 10.3. The third-order valence-electron chi connectivity index (χ3n) is 4.30. The van der Waals surface area contributed by atoms with E-state index in [0.717, 1.165) is 17.7 Å². The number of nitrogens with zero attached hydrogens (tertiary/aromatic N) is 1. The molecule has 3 aromatic rings. The number of H-pyrrole nitrogens is 1. The van der Waals surface area contributed by atoms with E-state index in [4.69, 9.17) is 4.74 Å². The van der Waals surface area contributed by atoms with Gasteiger partial charge in [0.2, 0.25) is 0 Å². The van der Waals surface area contributed by atoms with E-state index in [1.165, 1.54) is 18.2 Å². The number of halogens is 2. The molecule has 2 heterocycles. The molecule has 0 bridgehead atoms. The SMILES string of the molecule is Fc1ccc(-c2cc(-c3ccc([C@@H]4CNCCO4)cc3F)[nH]n2)cc1. The van der Waals surface area contributed by atoms with Crippen LogP contribution in [0.3, 0.4) is 0 Å². The maximum absolute atomic E-state index is 14.6. The highest BCUT2D eigenvalue weighted by molar-refractivity contribution is 5.68. The van der Waals surface area contributed by atoms with Crippen LogP contribution >= 0.6 is 0 Å². The van der Waals surface area contributed by atoms with Crippen LogP contribution in [0.1, 0.15) is 11.7 Å². The van der Waals surface area contributed by atoms with Gasteiger partial charge in [0.15, 0.2) is 0 Å². The minimum atomic E-state index is -0.332. The molecule has 1 aliphatic heterocycles. The van der Waals surface area contributed by atoms with E-state index in [1.807, 2.05) is 6.07 Å². The van der Waals surface area contributed by atoms with Crippen LogP contribution in [-0.4, -0.2) is 29.9 Å². The molecule has 0 spiro atoms. The van der Waals surface area contributed by atoms with E-state index in [1.54, 1.807) is 24.3 Å². The molecule has 0 radical (unpaired) electrons. The number of aromatic nitrogens is 2. The first-order valence-corrected chi connectivity index (χ1v) is 8.14. The molecule has 1 aromatic heterocycles. The molecule has 6 heteroatoms. The predicted molar refractivity (Wildman–Crippen MR) is 90.9 cm³/mol. The average Bonchev–Trinajstić information content (AvgIpc) is 3.13. The highest BCUT2D eigenvalue weighted by atomic mass is 19.1. The average molecular weight is 341 g/mol. The summed E-state index contributed by atoms with van der Waals surface area (Å²) < 4.78 is 33.3. The van der Waals surface area contributed by atoms with E-state index in [-0.39, 0.29) is 17.7 Å². The number of ether oxygens (including phenoxy) is 1. The Bertz CT molecular complexity index is 871. The van der Waals surface area contributed by atoms with Crippen molar-refractivity contribution in [2.45, 2.75) is 6.10 Å². The molecular formula is C19H17F2N3O. The lowest BCUT2D eigenvalue weighted by atomic mass is 10.0. The Hall–Kier alpha value is -2.57. The summed E-state index contributed by atoms with van der Waals surface area (Å²) in [5.74, 6) is -0.637. The van der Waals surface area contributed by atoms with Crippen molar-refractivity contribution in [3.8, 4) is 22.5 Å². The van der Waals surface area contributed by atoms with Gasteiger partial charge in [-0.05, 0) is 48.0 Å². The van der Waals surface area contributed by atoms with Crippen LogP contribution < -0.4 is 5.32 Å². The van der Waals surface area contributed by atoms with Gasteiger partial charge in [-0.3, -0.25) is 5.10 Å². The number of benzene rings is 2. The van der Waals surface area contributed by atoms with E-state index in [9.17, 15) is 8.78 Å². The van der Waals surface area contributed by atoms with Crippen molar-refractivity contribution in [3.63, 3.8) is 0 Å². The van der Waals surface area contributed by atoms with Crippen molar-refractivity contribution in [1.82, 2.24) is 15.5 Å². The van der Waals surface area contributed by atoms with Crippen LogP contribution in [0.15, 0.2) is 48.5 Å². The molecule has 4 rings (SSSR count). The number of hydrogen-bond donors (Lipinski definition) is 2. The van der Waals surface area contributed by atoms with Gasteiger partial charge in [-0.2, -0.15) is 5.10 Å². The second-order valence-electron chi connectivity index (χ2n) is 5.98. The third-order valence-corrected chi connectivity index (χ3v) is 4.30. The lowest BCUT2D eigenvalue weighted by Crippen LogP contribution is -2.33. The van der Waals surface area contributed by atoms with Crippen molar-refractivity contribution < 1.29 is 13.5 Å². The molecule has 25 heavy (non-hydrogen) atoms. The quantitative estimate of drug-likeness (QED) is 0.764. The van der Waals surface area contributed by atoms with Gasteiger partial charge in [0.05, 0.1) is 24.1 Å². The molecule has 1 aliphatic rings. The van der Waals surface area contributed by atoms with Gasteiger partial charge in [-0.15, -0.1) is 0 Å². The Labute approximate surface area is 143 Å². The second-order valence-corrected chi connectivity index (χ2v) is 5.98. The molecule has 128 valence electrons. The zero-order chi connectivity index (χ0) is 17.2. The Morgan fingerprint density at radius 1 is 1.04 bits per heavy atom. The fourth-order valence-electron chi connectivity index (χ4n) is 2.96. The predicted octanol–water partition coefficient (Wildman–Crippen LogP) is 3.68. The third kappa shape index (κ3) is 3.31. The van der Waals surface area contributed by atoms with Crippen molar-refractivity contribution >= 4 is 0 Å². The molecule has 1 atom stereocenters. The molecule has 0 unspecified atom stereocenters. The Morgan fingerprint density at radius 3 is 2.60 bits per heavy atom. The second kappa shape index (κ2) is 6.74. The summed E-state index contributed by atoms with van der Waals surface area (Å²) in [4.78, 5) is 0. The molecule has 0 amide bonds. The number of nitrogens with one attached hydrogen (secondary N) is 2. The zero-order valence-electron chi connectivity index (χ0n) is 13.4. The largest absolute Gasteiger partial charge is 0.371 e. The van der Waals surface area contributed by atoms with Crippen molar-refractivity contribution in [1.29, 1.82) is 0 Å². The highest BCUT2D eigenvalue weighted by Gasteiger charge is 2.18. The molecule has 0 saturated carbocycles. The normalized spacial score (nSPS) is 17.6. The first kappa shape index (κ1) is 15.9. The molecule has 0 aliphatic carbocycles. The van der Waals surface area contributed by atoms with Crippen LogP contribution in [0.25, 0.3) is 22.5 Å². The Kier molecular flexibility index (Phi) is 4.29. The Balaban J connectivity index is 1.60. The first-order valence-electron chi connectivity index (χ1n) is 8.14. The van der Waals surface area contributed by atoms with E-state index >= 15 is 0 Å². The molecule has 1 fully saturated rings. The summed E-state index contributed by atoms with van der Waals surface area (Å²) in [5.41, 5.74) is 3.23. The van der Waals surface area contributed by atoms with Crippen molar-refractivity contribution in [2.75, 3.05) is 19.7 Å².